The largest absolute Gasteiger partial charge is 0.394 e. The van der Waals surface area contributed by atoms with Crippen molar-refractivity contribution in [3.05, 3.63) is 41.5 Å². The van der Waals surface area contributed by atoms with E-state index in [1.807, 2.05) is 18.6 Å². The number of aromatic nitrogens is 13. The Balaban J connectivity index is 0.906. The van der Waals surface area contributed by atoms with E-state index >= 15 is 0 Å². The normalized spacial score (nSPS) is 28.3. The molecule has 15 N–H and O–H groups in total. The minimum absolute atomic E-state index is 0.0198. The summed E-state index contributed by atoms with van der Waals surface area (Å²) in [5, 5.41) is 164. The molecule has 46 heteroatoms. The van der Waals surface area contributed by atoms with Crippen LogP contribution < -0.4 is 21.3 Å². The first kappa shape index (κ1) is 93.9. The van der Waals surface area contributed by atoms with E-state index in [0.717, 1.165) is 6.42 Å². The molecule has 0 aliphatic carbocycles. The highest BCUT2D eigenvalue weighted by atomic mass is 16.7. The van der Waals surface area contributed by atoms with Crippen LogP contribution in [0.2, 0.25) is 0 Å². The van der Waals surface area contributed by atoms with E-state index in [4.69, 9.17) is 61.9 Å². The number of amides is 4. The standard InChI is InChI=1S/C69H119N19O27/c1-40-54(70-41(2)93)65(112-48(36-89)58(40)97)108-25-24-107-20-16-88-78-53(77-82-88)35-84(31-47-34-87(81-76-47)15-19-106-23-28-111-68-57(73-44(5)96)64(103)61(100)51(39-92)115-68)52(69(6,7)8)11-9-10-12-83(29-45-32-85(79-74-45)13-17-104-21-26-109-66-55(71-42(3)94)62(101)59(98)49(37-90)113-66)30-46-33-86(80-75-46)14-18-105-22-27-110-67-56(72-43(4)95)63(102)60(99)50(38-91)114-67/h32-34,40,48-52,54-68,89-92,97-103H,9-31,35-39H2,1-8H3,(H,70,93)(H,71,94)(H,72,95)(H,73,96)/t40?,48?,49?,50?,51?,52-,54?,55?,56?,57?,58?,59?,60?,61?,62?,63?,64?,65?,66?,67?,68?/m1/s1. The number of rotatable bonds is 50. The van der Waals surface area contributed by atoms with Gasteiger partial charge in [-0.2, -0.15) is 4.80 Å². The molecule has 21 atom stereocenters. The smallest absolute Gasteiger partial charge is 0.217 e. The predicted molar refractivity (Wildman–Crippen MR) is 390 cm³/mol. The molecule has 8 rings (SSSR count). The fraction of sp³-hybridized carbons (Fsp3) is 0.841. The second-order valence-corrected chi connectivity index (χ2v) is 29.7. The Kier molecular flexibility index (Phi) is 38.6. The molecule has 4 amide bonds. The topological polar surface area (TPSA) is 592 Å². The third-order valence-electron chi connectivity index (χ3n) is 19.6. The van der Waals surface area contributed by atoms with Gasteiger partial charge in [0.1, 0.15) is 79.2 Å². The van der Waals surface area contributed by atoms with Crippen LogP contribution in [0.3, 0.4) is 0 Å². The Bertz CT molecular complexity index is 3290. The van der Waals surface area contributed by atoms with Crippen LogP contribution in [0.15, 0.2) is 18.6 Å². The quantitative estimate of drug-likeness (QED) is 0.0183. The van der Waals surface area contributed by atoms with Crippen LogP contribution in [0.25, 0.3) is 0 Å². The minimum Gasteiger partial charge on any atom is -0.394 e. The Morgan fingerprint density at radius 1 is 0.443 bits per heavy atom. The zero-order chi connectivity index (χ0) is 83.3. The van der Waals surface area contributed by atoms with Crippen LogP contribution >= 0.6 is 0 Å². The number of nitrogens with one attached hydrogen (secondary N) is 4. The number of unbranched alkanes of at least 4 members (excludes halogenated alkanes) is 1. The average molecular weight is 1650 g/mol. The minimum atomic E-state index is -1.47. The molecular formula is C69H119N19O27. The summed E-state index contributed by atoms with van der Waals surface area (Å²) in [6.07, 6.45) is -11.0. The first-order valence-electron chi connectivity index (χ1n) is 38.7. The molecule has 4 fully saturated rings. The highest BCUT2D eigenvalue weighted by Crippen LogP contribution is 2.32. The molecular weight excluding hydrogens is 1530 g/mol. The van der Waals surface area contributed by atoms with E-state index in [2.05, 4.69) is 93.1 Å². The first-order valence-corrected chi connectivity index (χ1v) is 38.7. The Hall–Kier alpha value is -6.63. The maximum absolute atomic E-state index is 12.0. The summed E-state index contributed by atoms with van der Waals surface area (Å²) in [7, 11) is 0. The SMILES string of the molecule is CC(=O)NC1C(OCCOCCn2nnc(CN(Cc3cn(CCOCCOC4OC(CO)C(O)C(O)C4NC(C)=O)nn3)[C@H](CCCCN(Cc3cn(CCOCCOC4OC(CO)C(O)C(O)C4NC(C)=O)nn3)Cc3cn(CCOCCOC4OC(CO)C(O)C(O)C4NC(C)=O)nn3)C(C)(C)C)n2)OC(CO)C(O)C1C. The van der Waals surface area contributed by atoms with Crippen molar-refractivity contribution in [2.75, 3.05) is 112 Å². The number of carbonyl (C=O) groups excluding carboxylic acids is 4. The van der Waals surface area contributed by atoms with Gasteiger partial charge >= 0.3 is 0 Å². The van der Waals surface area contributed by atoms with Gasteiger partial charge < -0.3 is 134 Å². The molecule has 0 spiro atoms. The molecule has 20 unspecified atom stereocenters. The van der Waals surface area contributed by atoms with Gasteiger partial charge in [-0.3, -0.25) is 29.0 Å². The van der Waals surface area contributed by atoms with Gasteiger partial charge in [-0.25, -0.2) is 14.0 Å². The van der Waals surface area contributed by atoms with Crippen LogP contribution in [0.1, 0.15) is 97.6 Å². The molecule has 115 heavy (non-hydrogen) atoms. The highest BCUT2D eigenvalue weighted by Gasteiger charge is 2.49. The van der Waals surface area contributed by atoms with E-state index in [9.17, 15) is 75.3 Å². The summed E-state index contributed by atoms with van der Waals surface area (Å²) in [5.74, 6) is -1.83. The van der Waals surface area contributed by atoms with Gasteiger partial charge in [0.25, 0.3) is 0 Å². The second-order valence-electron chi connectivity index (χ2n) is 29.7. The molecule has 0 saturated carbocycles. The molecule has 652 valence electrons. The van der Waals surface area contributed by atoms with Crippen LogP contribution in [0.5, 0.6) is 0 Å². The van der Waals surface area contributed by atoms with Crippen LogP contribution in [0, 0.1) is 11.3 Å². The van der Waals surface area contributed by atoms with Crippen LogP contribution in [-0.2, 0) is 128 Å². The molecule has 4 aliphatic rings. The number of aliphatic hydroxyl groups is 11. The van der Waals surface area contributed by atoms with Gasteiger partial charge in [0.2, 0.25) is 23.6 Å². The van der Waals surface area contributed by atoms with Gasteiger partial charge in [-0.15, -0.1) is 25.5 Å². The lowest BCUT2D eigenvalue weighted by Crippen LogP contribution is -2.64. The van der Waals surface area contributed by atoms with Crippen molar-refractivity contribution in [1.82, 2.24) is 96.3 Å². The van der Waals surface area contributed by atoms with E-state index in [-0.39, 0.29) is 110 Å². The summed E-state index contributed by atoms with van der Waals surface area (Å²) in [6, 6.07) is -4.11. The number of hydrogen-bond acceptors (Lipinski definition) is 38. The lowest BCUT2D eigenvalue weighted by molar-refractivity contribution is -0.272. The summed E-state index contributed by atoms with van der Waals surface area (Å²) >= 11 is 0. The van der Waals surface area contributed by atoms with Crippen LogP contribution in [0.4, 0.5) is 0 Å². The van der Waals surface area contributed by atoms with Crippen molar-refractivity contribution >= 4 is 23.6 Å². The molecule has 4 aromatic heterocycles. The van der Waals surface area contributed by atoms with E-state index in [0.29, 0.717) is 81.6 Å². The van der Waals surface area contributed by atoms with Crippen molar-refractivity contribution in [3.8, 4) is 0 Å². The molecule has 0 bridgehead atoms. The number of carbonyl (C=O) groups is 4. The van der Waals surface area contributed by atoms with Crippen molar-refractivity contribution < 1.29 is 132 Å². The summed E-state index contributed by atoms with van der Waals surface area (Å²) in [6.45, 7) is 15.2. The zero-order valence-electron chi connectivity index (χ0n) is 66.3. The monoisotopic (exact) mass is 1650 g/mol. The van der Waals surface area contributed by atoms with Crippen molar-refractivity contribution in [2.45, 2.75) is 250 Å². The fourth-order valence-electron chi connectivity index (χ4n) is 13.8. The van der Waals surface area contributed by atoms with Gasteiger partial charge in [0, 0.05) is 77.9 Å². The molecule has 8 heterocycles. The van der Waals surface area contributed by atoms with Gasteiger partial charge in [-0.1, -0.05) is 49.8 Å². The summed E-state index contributed by atoms with van der Waals surface area (Å²) in [4.78, 5) is 53.7. The highest BCUT2D eigenvalue weighted by molar-refractivity contribution is 5.74. The van der Waals surface area contributed by atoms with Gasteiger partial charge in [0.15, 0.2) is 31.0 Å². The van der Waals surface area contributed by atoms with E-state index in [1.54, 1.807) is 21.0 Å². The molecule has 46 nitrogen and oxygen atoms in total. The average Bonchev–Trinajstić information content (AvgIpc) is 1.60. The molecule has 0 aromatic carbocycles. The number of ether oxygens (including phenoxy) is 12. The fourth-order valence-corrected chi connectivity index (χ4v) is 13.8. The number of hydrogen-bond donors (Lipinski definition) is 15. The number of aliphatic hydroxyl groups excluding tert-OH is 11. The Labute approximate surface area is 664 Å². The molecule has 4 aliphatic heterocycles. The van der Waals surface area contributed by atoms with Gasteiger partial charge in [0.05, 0.1) is 168 Å². The lowest BCUT2D eigenvalue weighted by Gasteiger charge is -2.43. The second kappa shape index (κ2) is 47.2. The van der Waals surface area contributed by atoms with E-state index < -0.39 is 167 Å². The van der Waals surface area contributed by atoms with E-state index in [1.165, 1.54) is 32.5 Å². The maximum atomic E-state index is 12.0. The molecule has 4 saturated heterocycles. The molecule has 0 radical (unpaired) electrons. The molecule has 4 aromatic rings. The van der Waals surface area contributed by atoms with Crippen LogP contribution in [-0.4, -0.2) is 390 Å². The number of nitrogens with zero attached hydrogens (tertiary/aromatic N) is 15. The third kappa shape index (κ3) is 29.1. The van der Waals surface area contributed by atoms with Crippen molar-refractivity contribution in [1.29, 1.82) is 0 Å². The van der Waals surface area contributed by atoms with Crippen molar-refractivity contribution in [3.63, 3.8) is 0 Å². The predicted octanol–water partition coefficient (Wildman–Crippen LogP) is -8.08. The Morgan fingerprint density at radius 2 is 0.791 bits per heavy atom. The zero-order valence-corrected chi connectivity index (χ0v) is 66.3. The summed E-state index contributed by atoms with van der Waals surface area (Å²) in [5.41, 5.74) is 1.60. The Morgan fingerprint density at radius 3 is 1.16 bits per heavy atom. The van der Waals surface area contributed by atoms with Gasteiger partial charge in [-0.05, 0) is 30.0 Å². The number of tetrazole rings is 1. The maximum Gasteiger partial charge on any atom is 0.217 e. The summed E-state index contributed by atoms with van der Waals surface area (Å²) < 4.78 is 74.5. The first-order chi connectivity index (χ1) is 55.1. The van der Waals surface area contributed by atoms with Crippen molar-refractivity contribution in [2.24, 2.45) is 11.3 Å². The lowest BCUT2D eigenvalue weighted by atomic mass is 9.82. The third-order valence-corrected chi connectivity index (χ3v) is 19.6.